The number of ether oxygens (including phenoxy) is 1. The van der Waals surface area contributed by atoms with Gasteiger partial charge in [0.25, 0.3) is 0 Å². The predicted molar refractivity (Wildman–Crippen MR) is 134 cm³/mol. The smallest absolute Gasteiger partial charge is 0.410 e. The van der Waals surface area contributed by atoms with Crippen LogP contribution in [-0.2, 0) is 11.8 Å². The largest absolute Gasteiger partial charge is 0.444 e. The van der Waals surface area contributed by atoms with Crippen LogP contribution in [0.3, 0.4) is 0 Å². The summed E-state index contributed by atoms with van der Waals surface area (Å²) in [6.07, 6.45) is 6.60. The molecule has 0 spiro atoms. The Morgan fingerprint density at radius 2 is 1.89 bits per heavy atom. The van der Waals surface area contributed by atoms with Crippen molar-refractivity contribution in [1.82, 2.24) is 24.6 Å². The van der Waals surface area contributed by atoms with E-state index in [9.17, 15) is 10.0 Å². The summed E-state index contributed by atoms with van der Waals surface area (Å²) in [5.74, 6) is 1.31. The monoisotopic (exact) mass is 480 g/mol. The van der Waals surface area contributed by atoms with Crippen LogP contribution in [0, 0.1) is 5.92 Å². The number of nitrogens with one attached hydrogen (secondary N) is 3. The number of hydrogen-bond donors (Lipinski definition) is 4. The van der Waals surface area contributed by atoms with Crippen LogP contribution >= 0.6 is 0 Å². The van der Waals surface area contributed by atoms with Gasteiger partial charge in [0.15, 0.2) is 5.82 Å². The van der Waals surface area contributed by atoms with Crippen LogP contribution in [0.25, 0.3) is 11.1 Å². The molecule has 35 heavy (non-hydrogen) atoms. The van der Waals surface area contributed by atoms with E-state index in [2.05, 4.69) is 38.1 Å². The number of anilines is 4. The highest BCUT2D eigenvalue weighted by molar-refractivity contribution is 5.79. The van der Waals surface area contributed by atoms with Gasteiger partial charge in [0.1, 0.15) is 11.4 Å². The van der Waals surface area contributed by atoms with Crippen LogP contribution in [-0.4, -0.2) is 60.7 Å². The van der Waals surface area contributed by atoms with E-state index in [4.69, 9.17) is 4.74 Å². The molecule has 3 heterocycles. The van der Waals surface area contributed by atoms with Gasteiger partial charge in [-0.15, -0.1) is 0 Å². The number of nitrogens with zero attached hydrogens (tertiary/aromatic N) is 5. The quantitative estimate of drug-likeness (QED) is 0.385. The van der Waals surface area contributed by atoms with E-state index in [0.717, 1.165) is 11.1 Å². The molecule has 11 nitrogen and oxygen atoms in total. The topological polar surface area (TPSA) is 129 Å². The first kappa shape index (κ1) is 24.3. The Morgan fingerprint density at radius 1 is 1.11 bits per heavy atom. The molecule has 11 heteroatoms. The van der Waals surface area contributed by atoms with Crippen molar-refractivity contribution < 1.29 is 14.7 Å². The van der Waals surface area contributed by atoms with Crippen molar-refractivity contribution in [3.05, 3.63) is 43.0 Å². The van der Waals surface area contributed by atoms with Crippen LogP contribution in [0.15, 0.2) is 43.0 Å². The second-order valence-electron chi connectivity index (χ2n) is 9.80. The van der Waals surface area contributed by atoms with Crippen LogP contribution < -0.4 is 16.1 Å². The second-order valence-corrected chi connectivity index (χ2v) is 9.80. The Bertz CT molecular complexity index is 1190. The zero-order valence-electron chi connectivity index (χ0n) is 20.6. The first-order valence-electron chi connectivity index (χ1n) is 11.5. The molecule has 1 aliphatic heterocycles. The standard InChI is InChI=1S/C24H32N8O3/c1-15-12-32(23(33)35-24(2,3)4)14-20(15)28-22-11-25-10-21(29-22)27-18-7-6-16(8-19(18)30-34)17-9-26-31(5)13-17/h6-11,13,15,20,30,34H,12,14H2,1-5H3,(H2,27,28,29). The lowest BCUT2D eigenvalue weighted by molar-refractivity contribution is 0.0288. The second kappa shape index (κ2) is 9.79. The van der Waals surface area contributed by atoms with E-state index in [0.29, 0.717) is 36.1 Å². The molecule has 4 N–H and O–H groups in total. The van der Waals surface area contributed by atoms with Crippen molar-refractivity contribution in [1.29, 1.82) is 0 Å². The summed E-state index contributed by atoms with van der Waals surface area (Å²) in [4.78, 5) is 23.1. The number of aryl methyl sites for hydroxylation is 1. The molecule has 1 aromatic carbocycles. The zero-order valence-corrected chi connectivity index (χ0v) is 20.6. The third-order valence-electron chi connectivity index (χ3n) is 5.67. The van der Waals surface area contributed by atoms with Crippen LogP contribution in [0.1, 0.15) is 27.7 Å². The lowest BCUT2D eigenvalue weighted by Gasteiger charge is -2.24. The summed E-state index contributed by atoms with van der Waals surface area (Å²) in [6.45, 7) is 8.78. The van der Waals surface area contributed by atoms with Crippen molar-refractivity contribution in [2.24, 2.45) is 13.0 Å². The van der Waals surface area contributed by atoms with Gasteiger partial charge in [0.05, 0.1) is 30.0 Å². The van der Waals surface area contributed by atoms with E-state index < -0.39 is 5.60 Å². The van der Waals surface area contributed by atoms with Gasteiger partial charge >= 0.3 is 6.09 Å². The minimum absolute atomic E-state index is 0.0144. The molecular weight excluding hydrogens is 448 g/mol. The van der Waals surface area contributed by atoms with Crippen molar-refractivity contribution in [2.45, 2.75) is 39.3 Å². The van der Waals surface area contributed by atoms with Gasteiger partial charge in [0, 0.05) is 37.9 Å². The maximum Gasteiger partial charge on any atom is 0.410 e. The predicted octanol–water partition coefficient (Wildman–Crippen LogP) is 4.09. The van der Waals surface area contributed by atoms with Gasteiger partial charge < -0.3 is 20.3 Å². The van der Waals surface area contributed by atoms with Gasteiger partial charge in [0.2, 0.25) is 0 Å². The summed E-state index contributed by atoms with van der Waals surface area (Å²) < 4.78 is 7.23. The number of benzene rings is 1. The Kier molecular flexibility index (Phi) is 6.79. The summed E-state index contributed by atoms with van der Waals surface area (Å²) in [6, 6.07) is 5.61. The van der Waals surface area contributed by atoms with Crippen molar-refractivity contribution in [3.8, 4) is 11.1 Å². The van der Waals surface area contributed by atoms with E-state index in [1.165, 1.54) is 0 Å². The Balaban J connectivity index is 1.44. The number of rotatable bonds is 6. The van der Waals surface area contributed by atoms with Gasteiger partial charge in [-0.25, -0.2) is 9.78 Å². The molecule has 0 radical (unpaired) electrons. The number of aromatic nitrogens is 4. The molecule has 2 unspecified atom stereocenters. The molecule has 0 saturated carbocycles. The highest BCUT2D eigenvalue weighted by Crippen LogP contribution is 2.30. The zero-order chi connectivity index (χ0) is 25.2. The number of amides is 1. The molecule has 1 saturated heterocycles. The van der Waals surface area contributed by atoms with Crippen molar-refractivity contribution in [3.63, 3.8) is 0 Å². The molecule has 1 aliphatic rings. The first-order chi connectivity index (χ1) is 16.6. The van der Waals surface area contributed by atoms with Gasteiger partial charge in [-0.3, -0.25) is 20.4 Å². The normalized spacial score (nSPS) is 17.8. The summed E-state index contributed by atoms with van der Waals surface area (Å²) in [7, 11) is 1.85. The number of likely N-dealkylation sites (tertiary alicyclic amines) is 1. The molecule has 0 aliphatic carbocycles. The third-order valence-corrected chi connectivity index (χ3v) is 5.67. The first-order valence-corrected chi connectivity index (χ1v) is 11.5. The summed E-state index contributed by atoms with van der Waals surface area (Å²) in [5.41, 5.74) is 4.68. The molecule has 1 amide bonds. The lowest BCUT2D eigenvalue weighted by atomic mass is 10.1. The Labute approximate surface area is 204 Å². The number of carbonyl (C=O) groups excluding carboxylic acids is 1. The molecule has 3 aromatic rings. The van der Waals surface area contributed by atoms with Crippen LogP contribution in [0.2, 0.25) is 0 Å². The molecule has 1 fully saturated rings. The molecule has 2 atom stereocenters. The van der Waals surface area contributed by atoms with Crippen molar-refractivity contribution in [2.75, 3.05) is 29.2 Å². The molecule has 4 rings (SSSR count). The highest BCUT2D eigenvalue weighted by Gasteiger charge is 2.35. The maximum atomic E-state index is 12.4. The van der Waals surface area contributed by atoms with Gasteiger partial charge in [-0.1, -0.05) is 13.0 Å². The highest BCUT2D eigenvalue weighted by atomic mass is 16.6. The van der Waals surface area contributed by atoms with Gasteiger partial charge in [-0.2, -0.15) is 5.10 Å². The molecular formula is C24H32N8O3. The number of hydrogen-bond acceptors (Lipinski definition) is 9. The fourth-order valence-electron chi connectivity index (χ4n) is 3.95. The Hall–Kier alpha value is -3.86. The Morgan fingerprint density at radius 3 is 2.57 bits per heavy atom. The number of carbonyl (C=O) groups is 1. The average Bonchev–Trinajstić information content (AvgIpc) is 3.39. The average molecular weight is 481 g/mol. The van der Waals surface area contributed by atoms with Gasteiger partial charge in [-0.05, 0) is 44.4 Å². The molecule has 0 bridgehead atoms. The maximum absolute atomic E-state index is 12.4. The fourth-order valence-corrected chi connectivity index (χ4v) is 3.95. The van der Waals surface area contributed by atoms with Crippen molar-refractivity contribution >= 4 is 29.1 Å². The fraction of sp³-hybridized carbons (Fsp3) is 0.417. The SMILES string of the molecule is CC1CN(C(=O)OC(C)(C)C)CC1Nc1cncc(Nc2ccc(-c3cnn(C)c3)cc2NO)n1. The molecule has 186 valence electrons. The van der Waals surface area contributed by atoms with E-state index in [-0.39, 0.29) is 18.1 Å². The van der Waals surface area contributed by atoms with Crippen LogP contribution in [0.5, 0.6) is 0 Å². The summed E-state index contributed by atoms with van der Waals surface area (Å²) in [5, 5.41) is 20.5. The van der Waals surface area contributed by atoms with E-state index in [1.54, 1.807) is 28.2 Å². The lowest BCUT2D eigenvalue weighted by Crippen LogP contribution is -2.36. The molecule has 2 aromatic heterocycles. The van der Waals surface area contributed by atoms with E-state index >= 15 is 0 Å². The minimum Gasteiger partial charge on any atom is -0.444 e. The van der Waals surface area contributed by atoms with Crippen LogP contribution in [0.4, 0.5) is 27.8 Å². The van der Waals surface area contributed by atoms with E-state index in [1.807, 2.05) is 52.2 Å². The summed E-state index contributed by atoms with van der Waals surface area (Å²) >= 11 is 0. The third kappa shape index (κ3) is 5.99. The minimum atomic E-state index is -0.532.